The number of amides is 1. The molecule has 0 radical (unpaired) electrons. The lowest BCUT2D eigenvalue weighted by Crippen LogP contribution is -2.38. The van der Waals surface area contributed by atoms with Crippen LogP contribution in [0.2, 0.25) is 0 Å². The van der Waals surface area contributed by atoms with Gasteiger partial charge < -0.3 is 5.32 Å². The zero-order valence-corrected chi connectivity index (χ0v) is 18.6. The van der Waals surface area contributed by atoms with E-state index in [2.05, 4.69) is 17.4 Å². The van der Waals surface area contributed by atoms with Gasteiger partial charge in [0.1, 0.15) is 0 Å². The smallest absolute Gasteiger partial charge is 0.282 e. The zero-order valence-electron chi connectivity index (χ0n) is 17.7. The van der Waals surface area contributed by atoms with E-state index in [1.54, 1.807) is 0 Å². The number of hydrogen-bond donors (Lipinski definition) is 1. The summed E-state index contributed by atoms with van der Waals surface area (Å²) in [5.41, 5.74) is 7.26. The Morgan fingerprint density at radius 2 is 1.52 bits per heavy atom. The van der Waals surface area contributed by atoms with Crippen molar-refractivity contribution in [2.75, 3.05) is 25.0 Å². The van der Waals surface area contributed by atoms with Crippen LogP contribution >= 0.6 is 0 Å². The number of aryl methyl sites for hydroxylation is 5. The van der Waals surface area contributed by atoms with E-state index in [9.17, 15) is 13.2 Å². The highest BCUT2D eigenvalue weighted by atomic mass is 32.2. The van der Waals surface area contributed by atoms with Gasteiger partial charge in [0.05, 0.1) is 6.54 Å². The van der Waals surface area contributed by atoms with E-state index in [0.717, 1.165) is 33.4 Å². The summed E-state index contributed by atoms with van der Waals surface area (Å²) in [5, 5.41) is 2.80. The van der Waals surface area contributed by atoms with Crippen molar-refractivity contribution in [1.29, 1.82) is 0 Å². The first-order chi connectivity index (χ1) is 13.6. The molecule has 2 aromatic carbocycles. The minimum Gasteiger partial charge on any atom is -0.325 e. The Labute approximate surface area is 173 Å². The maximum atomic E-state index is 12.9. The predicted molar refractivity (Wildman–Crippen MR) is 116 cm³/mol. The quantitative estimate of drug-likeness (QED) is 0.815. The molecule has 1 aliphatic heterocycles. The van der Waals surface area contributed by atoms with E-state index in [0.29, 0.717) is 25.3 Å². The lowest BCUT2D eigenvalue weighted by molar-refractivity contribution is -0.116. The molecule has 0 saturated carbocycles. The van der Waals surface area contributed by atoms with Crippen molar-refractivity contribution in [3.05, 3.63) is 63.7 Å². The van der Waals surface area contributed by atoms with Gasteiger partial charge in [0, 0.05) is 25.3 Å². The third-order valence-electron chi connectivity index (χ3n) is 5.54. The fourth-order valence-electron chi connectivity index (χ4n) is 3.75. The average molecular weight is 416 g/mol. The normalized spacial score (nSPS) is 16.9. The zero-order chi connectivity index (χ0) is 21.3. The molecule has 1 aliphatic rings. The van der Waals surface area contributed by atoms with Gasteiger partial charge in [-0.05, 0) is 74.6 Å². The van der Waals surface area contributed by atoms with Crippen LogP contribution < -0.4 is 5.32 Å². The highest BCUT2D eigenvalue weighted by Gasteiger charge is 2.37. The second-order valence-electron chi connectivity index (χ2n) is 7.90. The molecule has 1 heterocycles. The Kier molecular flexibility index (Phi) is 6.12. The summed E-state index contributed by atoms with van der Waals surface area (Å²) in [6, 6.07) is 9.79. The van der Waals surface area contributed by atoms with Gasteiger partial charge >= 0.3 is 0 Å². The summed E-state index contributed by atoms with van der Waals surface area (Å²) in [7, 11) is -3.67. The second kappa shape index (κ2) is 8.26. The number of benzene rings is 2. The van der Waals surface area contributed by atoms with Crippen LogP contribution in [0.25, 0.3) is 0 Å². The minimum absolute atomic E-state index is 0.183. The van der Waals surface area contributed by atoms with Crippen LogP contribution in [0.4, 0.5) is 5.69 Å². The van der Waals surface area contributed by atoms with E-state index in [1.165, 1.54) is 8.61 Å². The average Bonchev–Trinajstić information content (AvgIpc) is 2.88. The van der Waals surface area contributed by atoms with Gasteiger partial charge in [0.25, 0.3) is 10.2 Å². The molecule has 7 heteroatoms. The summed E-state index contributed by atoms with van der Waals surface area (Å²) in [6.45, 7) is 10.9. The Morgan fingerprint density at radius 1 is 0.897 bits per heavy atom. The molecule has 0 spiro atoms. The van der Waals surface area contributed by atoms with Gasteiger partial charge in [-0.25, -0.2) is 0 Å². The van der Waals surface area contributed by atoms with Gasteiger partial charge in [-0.15, -0.1) is 0 Å². The van der Waals surface area contributed by atoms with E-state index in [-0.39, 0.29) is 12.5 Å². The Hall–Kier alpha value is -2.22. The molecule has 0 aliphatic carbocycles. The van der Waals surface area contributed by atoms with Crippen LogP contribution in [0.3, 0.4) is 0 Å². The molecule has 6 nitrogen and oxygen atoms in total. The third kappa shape index (κ3) is 4.69. The molecule has 0 aromatic heterocycles. The molecule has 1 fully saturated rings. The Balaban J connectivity index is 1.68. The third-order valence-corrected chi connectivity index (χ3v) is 7.47. The van der Waals surface area contributed by atoms with Crippen molar-refractivity contribution in [1.82, 2.24) is 8.61 Å². The fourth-order valence-corrected chi connectivity index (χ4v) is 5.28. The molecule has 1 saturated heterocycles. The summed E-state index contributed by atoms with van der Waals surface area (Å²) in [6.07, 6.45) is 0. The van der Waals surface area contributed by atoms with E-state index >= 15 is 0 Å². The first kappa shape index (κ1) is 21.5. The Morgan fingerprint density at radius 3 is 2.14 bits per heavy atom. The Bertz CT molecular complexity index is 1020. The van der Waals surface area contributed by atoms with E-state index in [4.69, 9.17) is 0 Å². The van der Waals surface area contributed by atoms with Gasteiger partial charge in [0.2, 0.25) is 5.91 Å². The van der Waals surface area contributed by atoms with E-state index in [1.807, 2.05) is 52.8 Å². The van der Waals surface area contributed by atoms with Gasteiger partial charge in [-0.3, -0.25) is 4.79 Å². The molecule has 0 bridgehead atoms. The predicted octanol–water partition coefficient (Wildman–Crippen LogP) is 3.23. The highest BCUT2D eigenvalue weighted by molar-refractivity contribution is 7.87. The molecule has 0 atom stereocenters. The van der Waals surface area contributed by atoms with Gasteiger partial charge in [-0.1, -0.05) is 23.8 Å². The molecule has 3 rings (SSSR count). The van der Waals surface area contributed by atoms with Crippen LogP contribution in [0.5, 0.6) is 0 Å². The summed E-state index contributed by atoms with van der Waals surface area (Å²) >= 11 is 0. The molecule has 29 heavy (non-hydrogen) atoms. The fraction of sp³-hybridized carbons (Fsp3) is 0.409. The summed E-state index contributed by atoms with van der Waals surface area (Å²) in [4.78, 5) is 12.4. The number of anilines is 1. The monoisotopic (exact) mass is 415 g/mol. The largest absolute Gasteiger partial charge is 0.325 e. The standard InChI is InChI=1S/C22H29N3O3S/c1-15-10-18(4)21(19(5)11-15)13-24-8-9-25(29(24,27)28)14-22(26)23-20-7-6-16(2)17(3)12-20/h6-7,10-12H,8-9,13-14H2,1-5H3,(H,23,26). The molecular formula is C22H29N3O3S. The van der Waals surface area contributed by atoms with E-state index < -0.39 is 10.2 Å². The van der Waals surface area contributed by atoms with Crippen LogP contribution in [0, 0.1) is 34.6 Å². The summed E-state index contributed by atoms with van der Waals surface area (Å²) in [5.74, 6) is -0.332. The first-order valence-corrected chi connectivity index (χ1v) is 11.2. The van der Waals surface area contributed by atoms with Gasteiger partial charge in [0.15, 0.2) is 0 Å². The van der Waals surface area contributed by atoms with Crippen molar-refractivity contribution in [3.8, 4) is 0 Å². The van der Waals surface area contributed by atoms with Crippen LogP contribution in [-0.2, 0) is 21.5 Å². The minimum atomic E-state index is -3.67. The van der Waals surface area contributed by atoms with Crippen LogP contribution in [0.1, 0.15) is 33.4 Å². The number of rotatable bonds is 5. The lowest BCUT2D eigenvalue weighted by Gasteiger charge is -2.20. The van der Waals surface area contributed by atoms with Crippen molar-refractivity contribution in [3.63, 3.8) is 0 Å². The number of carbonyl (C=O) groups excluding carboxylic acids is 1. The molecule has 0 unspecified atom stereocenters. The second-order valence-corrected chi connectivity index (χ2v) is 9.83. The van der Waals surface area contributed by atoms with Crippen molar-refractivity contribution in [2.45, 2.75) is 41.2 Å². The molecule has 1 N–H and O–H groups in total. The highest BCUT2D eigenvalue weighted by Crippen LogP contribution is 2.24. The molecule has 1 amide bonds. The molecule has 2 aromatic rings. The van der Waals surface area contributed by atoms with Crippen LogP contribution in [-0.4, -0.2) is 42.6 Å². The number of carbonyl (C=O) groups is 1. The summed E-state index contributed by atoms with van der Waals surface area (Å²) < 4.78 is 28.6. The maximum absolute atomic E-state index is 12.9. The van der Waals surface area contributed by atoms with Crippen molar-refractivity contribution in [2.24, 2.45) is 0 Å². The maximum Gasteiger partial charge on any atom is 0.282 e. The van der Waals surface area contributed by atoms with Crippen molar-refractivity contribution < 1.29 is 13.2 Å². The molecular weight excluding hydrogens is 386 g/mol. The van der Waals surface area contributed by atoms with Crippen molar-refractivity contribution >= 4 is 21.8 Å². The number of hydrogen-bond acceptors (Lipinski definition) is 3. The van der Waals surface area contributed by atoms with Gasteiger partial charge in [-0.2, -0.15) is 17.0 Å². The lowest BCUT2D eigenvalue weighted by atomic mass is 10.00. The SMILES string of the molecule is Cc1cc(C)c(CN2CCN(CC(=O)Nc3ccc(C)c(C)c3)S2(=O)=O)c(C)c1. The first-order valence-electron chi connectivity index (χ1n) is 9.77. The topological polar surface area (TPSA) is 69.7 Å². The van der Waals surface area contributed by atoms with Crippen LogP contribution in [0.15, 0.2) is 30.3 Å². The number of nitrogens with one attached hydrogen (secondary N) is 1. The number of nitrogens with zero attached hydrogens (tertiary/aromatic N) is 2. The molecule has 156 valence electrons.